The zero-order valence-electron chi connectivity index (χ0n) is 15.5. The summed E-state index contributed by atoms with van der Waals surface area (Å²) < 4.78 is 0. The highest BCUT2D eigenvalue weighted by Crippen LogP contribution is 2.24. The molecular formula is C19H29N3O3S. The molecule has 1 saturated heterocycles. The zero-order valence-corrected chi connectivity index (χ0v) is 16.3. The molecule has 1 aromatic heterocycles. The predicted octanol–water partition coefficient (Wildman–Crippen LogP) is 1.89. The molecule has 0 aliphatic carbocycles. The molecule has 144 valence electrons. The van der Waals surface area contributed by atoms with Crippen LogP contribution in [0.15, 0.2) is 11.4 Å². The molecule has 3 rings (SSSR count). The lowest BCUT2D eigenvalue weighted by Crippen LogP contribution is -2.38. The number of nitrogens with zero attached hydrogens (tertiary/aromatic N) is 3. The Kier molecular flexibility index (Phi) is 6.67. The minimum atomic E-state index is -0.769. The van der Waals surface area contributed by atoms with E-state index < -0.39 is 5.97 Å². The van der Waals surface area contributed by atoms with Crippen molar-refractivity contribution in [2.45, 2.75) is 44.7 Å². The van der Waals surface area contributed by atoms with E-state index in [0.717, 1.165) is 58.4 Å². The van der Waals surface area contributed by atoms with Crippen LogP contribution < -0.4 is 0 Å². The van der Waals surface area contributed by atoms with E-state index in [-0.39, 0.29) is 12.5 Å². The topological polar surface area (TPSA) is 64.1 Å². The highest BCUT2D eigenvalue weighted by atomic mass is 32.1. The zero-order chi connectivity index (χ0) is 18.5. The first-order valence-electron chi connectivity index (χ1n) is 9.50. The average Bonchev–Trinajstić information content (AvgIpc) is 2.95. The van der Waals surface area contributed by atoms with E-state index in [2.05, 4.69) is 16.3 Å². The highest BCUT2D eigenvalue weighted by Gasteiger charge is 2.24. The van der Waals surface area contributed by atoms with Gasteiger partial charge in [0.1, 0.15) is 0 Å². The third-order valence-corrected chi connectivity index (χ3v) is 6.62. The first kappa shape index (κ1) is 19.3. The molecule has 6 nitrogen and oxygen atoms in total. The van der Waals surface area contributed by atoms with Crippen molar-refractivity contribution in [2.75, 3.05) is 39.8 Å². The molecule has 0 radical (unpaired) electrons. The lowest BCUT2D eigenvalue weighted by atomic mass is 10.1. The van der Waals surface area contributed by atoms with Gasteiger partial charge in [-0.15, -0.1) is 11.3 Å². The van der Waals surface area contributed by atoms with Crippen molar-refractivity contribution >= 4 is 23.2 Å². The fourth-order valence-corrected chi connectivity index (χ4v) is 4.91. The van der Waals surface area contributed by atoms with Gasteiger partial charge in [0.25, 0.3) is 0 Å². The van der Waals surface area contributed by atoms with Gasteiger partial charge in [-0.2, -0.15) is 0 Å². The van der Waals surface area contributed by atoms with Crippen molar-refractivity contribution in [3.05, 3.63) is 21.9 Å². The Balaban J connectivity index is 1.42. The normalized spacial score (nSPS) is 21.5. The summed E-state index contributed by atoms with van der Waals surface area (Å²) in [7, 11) is 1.90. The number of rotatable bonds is 6. The molecule has 0 saturated carbocycles. The number of fused-ring (bicyclic) bond motifs is 1. The number of aliphatic carboxylic acids is 1. The van der Waals surface area contributed by atoms with Crippen LogP contribution in [-0.2, 0) is 22.6 Å². The van der Waals surface area contributed by atoms with Gasteiger partial charge in [0.05, 0.1) is 6.54 Å². The van der Waals surface area contributed by atoms with Gasteiger partial charge in [0.2, 0.25) is 5.91 Å². The van der Waals surface area contributed by atoms with Gasteiger partial charge in [-0.25, -0.2) is 0 Å². The first-order chi connectivity index (χ1) is 12.5. The van der Waals surface area contributed by atoms with Crippen molar-refractivity contribution in [3.63, 3.8) is 0 Å². The molecule has 7 heteroatoms. The number of likely N-dealkylation sites (N-methyl/N-ethyl adjacent to an activating group) is 1. The number of carbonyl (C=O) groups excluding carboxylic acids is 1. The number of hydrogen-bond donors (Lipinski definition) is 1. The van der Waals surface area contributed by atoms with E-state index in [0.29, 0.717) is 12.5 Å². The van der Waals surface area contributed by atoms with E-state index in [9.17, 15) is 9.59 Å². The van der Waals surface area contributed by atoms with Crippen molar-refractivity contribution in [1.29, 1.82) is 0 Å². The van der Waals surface area contributed by atoms with Gasteiger partial charge in [0.15, 0.2) is 0 Å². The Morgan fingerprint density at radius 3 is 2.96 bits per heavy atom. The van der Waals surface area contributed by atoms with Crippen molar-refractivity contribution < 1.29 is 14.7 Å². The summed E-state index contributed by atoms with van der Waals surface area (Å²) >= 11 is 1.80. The summed E-state index contributed by atoms with van der Waals surface area (Å²) in [4.78, 5) is 31.2. The van der Waals surface area contributed by atoms with Crippen molar-refractivity contribution in [1.82, 2.24) is 14.7 Å². The molecule has 1 N–H and O–H groups in total. The molecule has 2 aliphatic rings. The summed E-state index contributed by atoms with van der Waals surface area (Å²) in [5, 5.41) is 11.1. The van der Waals surface area contributed by atoms with Crippen molar-refractivity contribution in [2.24, 2.45) is 0 Å². The molecule has 0 bridgehead atoms. The van der Waals surface area contributed by atoms with Crippen LogP contribution in [0.3, 0.4) is 0 Å². The van der Waals surface area contributed by atoms with Crippen LogP contribution in [0.5, 0.6) is 0 Å². The predicted molar refractivity (Wildman–Crippen MR) is 102 cm³/mol. The fraction of sp³-hybridized carbons (Fsp3) is 0.684. The molecule has 1 fully saturated rings. The molecule has 26 heavy (non-hydrogen) atoms. The monoisotopic (exact) mass is 379 g/mol. The Hall–Kier alpha value is -1.44. The molecule has 1 aromatic rings. The number of hydrogen-bond acceptors (Lipinski definition) is 5. The molecule has 2 aliphatic heterocycles. The van der Waals surface area contributed by atoms with Gasteiger partial charge in [-0.05, 0) is 62.8 Å². The second-order valence-electron chi connectivity index (χ2n) is 7.42. The number of carboxylic acid groups (broad SMARTS) is 1. The fourth-order valence-electron chi connectivity index (χ4n) is 4.02. The maximum atomic E-state index is 12.6. The molecule has 0 spiro atoms. The van der Waals surface area contributed by atoms with Crippen LogP contribution >= 0.6 is 11.3 Å². The summed E-state index contributed by atoms with van der Waals surface area (Å²) in [5.74, 6) is -0.514. The highest BCUT2D eigenvalue weighted by molar-refractivity contribution is 7.10. The minimum absolute atomic E-state index is 0.0999. The Bertz CT molecular complexity index is 633. The summed E-state index contributed by atoms with van der Waals surface area (Å²) in [6.45, 7) is 4.45. The smallest absolute Gasteiger partial charge is 0.317 e. The first-order valence-corrected chi connectivity index (χ1v) is 10.4. The number of carbonyl (C=O) groups is 2. The largest absolute Gasteiger partial charge is 0.480 e. The summed E-state index contributed by atoms with van der Waals surface area (Å²) in [6, 6.07) is 2.47. The van der Waals surface area contributed by atoms with Gasteiger partial charge < -0.3 is 14.9 Å². The third kappa shape index (κ3) is 5.05. The molecule has 1 atom stereocenters. The summed E-state index contributed by atoms with van der Waals surface area (Å²) in [5.41, 5.74) is 1.31. The standard InChI is InChI=1S/C19H29N3O3S/c1-20(14-19(24)25)16-3-2-8-21(9-4-16)10-6-18(23)22-11-5-17-15(13-22)7-12-26-17/h7,12,16H,2-6,8-11,13-14H2,1H3,(H,24,25). The number of thiophene rings is 1. The van der Waals surface area contributed by atoms with Crippen LogP contribution in [0, 0.1) is 0 Å². The van der Waals surface area contributed by atoms with Crippen LogP contribution in [0.1, 0.15) is 36.1 Å². The van der Waals surface area contributed by atoms with E-state index in [1.807, 2.05) is 16.8 Å². The van der Waals surface area contributed by atoms with E-state index in [1.54, 1.807) is 11.3 Å². The van der Waals surface area contributed by atoms with E-state index in [1.165, 1.54) is 10.4 Å². The van der Waals surface area contributed by atoms with Gasteiger partial charge in [0, 0.05) is 37.0 Å². The number of likely N-dealkylation sites (tertiary alicyclic amines) is 1. The van der Waals surface area contributed by atoms with Crippen LogP contribution in [0.2, 0.25) is 0 Å². The Morgan fingerprint density at radius 1 is 1.31 bits per heavy atom. The van der Waals surface area contributed by atoms with Crippen LogP contribution in [0.4, 0.5) is 0 Å². The molecule has 0 aromatic carbocycles. The van der Waals surface area contributed by atoms with Crippen LogP contribution in [0.25, 0.3) is 0 Å². The van der Waals surface area contributed by atoms with E-state index >= 15 is 0 Å². The Morgan fingerprint density at radius 2 is 2.15 bits per heavy atom. The number of carboxylic acids is 1. The maximum Gasteiger partial charge on any atom is 0.317 e. The van der Waals surface area contributed by atoms with Gasteiger partial charge >= 0.3 is 5.97 Å². The molecule has 1 unspecified atom stereocenters. The van der Waals surface area contributed by atoms with Gasteiger partial charge in [-0.3, -0.25) is 14.5 Å². The second-order valence-corrected chi connectivity index (χ2v) is 8.42. The minimum Gasteiger partial charge on any atom is -0.480 e. The summed E-state index contributed by atoms with van der Waals surface area (Å²) in [6.07, 6.45) is 4.63. The van der Waals surface area contributed by atoms with Crippen LogP contribution in [-0.4, -0.2) is 77.5 Å². The lowest BCUT2D eigenvalue weighted by molar-refractivity contribution is -0.138. The Labute approximate surface area is 159 Å². The average molecular weight is 380 g/mol. The SMILES string of the molecule is CN(CC(=O)O)C1CCCN(CCC(=O)N2CCc3sccc3C2)CC1. The second kappa shape index (κ2) is 8.97. The quantitative estimate of drug-likeness (QED) is 0.818. The molecule has 1 amide bonds. The lowest BCUT2D eigenvalue weighted by Gasteiger charge is -2.28. The van der Waals surface area contributed by atoms with Crippen molar-refractivity contribution in [3.8, 4) is 0 Å². The number of amides is 1. The maximum absolute atomic E-state index is 12.6. The van der Waals surface area contributed by atoms with Gasteiger partial charge in [-0.1, -0.05) is 0 Å². The molecular weight excluding hydrogens is 350 g/mol. The van der Waals surface area contributed by atoms with E-state index in [4.69, 9.17) is 5.11 Å². The molecule has 3 heterocycles. The third-order valence-electron chi connectivity index (χ3n) is 5.60.